The highest BCUT2D eigenvalue weighted by molar-refractivity contribution is 5.47. The Bertz CT molecular complexity index is 425. The van der Waals surface area contributed by atoms with Gasteiger partial charge in [-0.3, -0.25) is 0 Å². The van der Waals surface area contributed by atoms with Gasteiger partial charge in [0.15, 0.2) is 0 Å². The first-order chi connectivity index (χ1) is 7.93. The van der Waals surface area contributed by atoms with E-state index in [1.165, 1.54) is 30.4 Å². The van der Waals surface area contributed by atoms with Crippen molar-refractivity contribution in [2.24, 2.45) is 5.92 Å². The molecule has 1 aromatic carbocycles. The zero-order valence-electron chi connectivity index (χ0n) is 9.41. The van der Waals surface area contributed by atoms with Crippen molar-refractivity contribution < 1.29 is 4.74 Å². The molecule has 0 aromatic heterocycles. The fourth-order valence-electron chi connectivity index (χ4n) is 3.28. The molecular formula is C14H17NO. The van der Waals surface area contributed by atoms with Crippen molar-refractivity contribution in [1.82, 2.24) is 5.32 Å². The van der Waals surface area contributed by atoms with Crippen molar-refractivity contribution in [3.05, 3.63) is 29.3 Å². The van der Waals surface area contributed by atoms with Crippen LogP contribution in [0.25, 0.3) is 0 Å². The number of rotatable bonds is 1. The average Bonchev–Trinajstić information content (AvgIpc) is 3.14. The van der Waals surface area contributed by atoms with Crippen molar-refractivity contribution in [2.75, 3.05) is 13.2 Å². The predicted octanol–water partition coefficient (Wildman–Crippen LogP) is 2.61. The molecule has 2 nitrogen and oxygen atoms in total. The summed E-state index contributed by atoms with van der Waals surface area (Å²) in [6, 6.07) is 7.20. The molecule has 2 heterocycles. The van der Waals surface area contributed by atoms with Crippen LogP contribution in [0.1, 0.15) is 42.3 Å². The third kappa shape index (κ3) is 1.23. The molecule has 0 spiro atoms. The molecule has 4 rings (SSSR count). The van der Waals surface area contributed by atoms with Crippen molar-refractivity contribution in [2.45, 2.75) is 31.2 Å². The third-order valence-electron chi connectivity index (χ3n) is 4.24. The smallest absolute Gasteiger partial charge is 0.123 e. The number of benzene rings is 1. The molecule has 0 amide bonds. The van der Waals surface area contributed by atoms with E-state index in [-0.39, 0.29) is 0 Å². The summed E-state index contributed by atoms with van der Waals surface area (Å²) in [6.45, 7) is 2.03. The Balaban J connectivity index is 1.85. The molecule has 2 atom stereocenters. The normalized spacial score (nSPS) is 31.8. The SMILES string of the molecule is c1cc2c3c(c1)C(C1CC1)NCC3CCO2. The Hall–Kier alpha value is -1.02. The lowest BCUT2D eigenvalue weighted by Gasteiger charge is -2.36. The van der Waals surface area contributed by atoms with Gasteiger partial charge in [-0.1, -0.05) is 12.1 Å². The molecule has 1 aromatic rings. The highest BCUT2D eigenvalue weighted by Gasteiger charge is 2.39. The Morgan fingerprint density at radius 2 is 2.12 bits per heavy atom. The topological polar surface area (TPSA) is 21.3 Å². The van der Waals surface area contributed by atoms with Crippen LogP contribution in [0.4, 0.5) is 0 Å². The summed E-state index contributed by atoms with van der Waals surface area (Å²) in [5.41, 5.74) is 3.04. The zero-order chi connectivity index (χ0) is 10.5. The van der Waals surface area contributed by atoms with Gasteiger partial charge in [-0.15, -0.1) is 0 Å². The van der Waals surface area contributed by atoms with E-state index >= 15 is 0 Å². The van der Waals surface area contributed by atoms with Gasteiger partial charge in [-0.05, 0) is 36.8 Å². The van der Waals surface area contributed by atoms with Crippen molar-refractivity contribution in [3.63, 3.8) is 0 Å². The van der Waals surface area contributed by atoms with E-state index in [2.05, 4.69) is 23.5 Å². The highest BCUT2D eigenvalue weighted by Crippen LogP contribution is 2.48. The quantitative estimate of drug-likeness (QED) is 0.777. The molecule has 1 saturated carbocycles. The number of hydrogen-bond donors (Lipinski definition) is 1. The van der Waals surface area contributed by atoms with Crippen molar-refractivity contribution in [3.8, 4) is 5.75 Å². The van der Waals surface area contributed by atoms with E-state index in [4.69, 9.17) is 4.74 Å². The minimum absolute atomic E-state index is 0.605. The minimum Gasteiger partial charge on any atom is -0.493 e. The van der Waals surface area contributed by atoms with E-state index in [1.54, 1.807) is 0 Å². The van der Waals surface area contributed by atoms with Crippen LogP contribution in [0.15, 0.2) is 18.2 Å². The predicted molar refractivity (Wildman–Crippen MR) is 62.8 cm³/mol. The number of hydrogen-bond acceptors (Lipinski definition) is 2. The lowest BCUT2D eigenvalue weighted by atomic mass is 9.82. The summed E-state index contributed by atoms with van der Waals surface area (Å²) < 4.78 is 5.79. The molecule has 0 radical (unpaired) electrons. The van der Waals surface area contributed by atoms with Crippen molar-refractivity contribution >= 4 is 0 Å². The molecule has 2 unspecified atom stereocenters. The maximum Gasteiger partial charge on any atom is 0.123 e. The van der Waals surface area contributed by atoms with Crippen LogP contribution in [0.2, 0.25) is 0 Å². The monoisotopic (exact) mass is 215 g/mol. The molecule has 1 aliphatic carbocycles. The first kappa shape index (κ1) is 9.06. The molecule has 1 N–H and O–H groups in total. The number of ether oxygens (including phenoxy) is 1. The van der Waals surface area contributed by atoms with Gasteiger partial charge in [0.1, 0.15) is 5.75 Å². The molecule has 16 heavy (non-hydrogen) atoms. The van der Waals surface area contributed by atoms with Crippen LogP contribution in [-0.4, -0.2) is 13.2 Å². The maximum atomic E-state index is 5.79. The standard InChI is InChI=1S/C14H17NO/c1-2-11-13-10(6-7-16-12(13)3-1)8-15-14(11)9-4-5-9/h1-3,9-10,14-15H,4-8H2. The van der Waals surface area contributed by atoms with Crippen LogP contribution in [0.5, 0.6) is 5.75 Å². The molecule has 2 aliphatic heterocycles. The fourth-order valence-corrected chi connectivity index (χ4v) is 3.28. The van der Waals surface area contributed by atoms with Gasteiger partial charge >= 0.3 is 0 Å². The minimum atomic E-state index is 0.605. The Morgan fingerprint density at radius 3 is 3.00 bits per heavy atom. The van der Waals surface area contributed by atoms with Crippen LogP contribution >= 0.6 is 0 Å². The first-order valence-corrected chi connectivity index (χ1v) is 6.42. The van der Waals surface area contributed by atoms with Crippen LogP contribution in [0, 0.1) is 5.92 Å². The van der Waals surface area contributed by atoms with Gasteiger partial charge in [-0.25, -0.2) is 0 Å². The van der Waals surface area contributed by atoms with Crippen molar-refractivity contribution in [1.29, 1.82) is 0 Å². The lowest BCUT2D eigenvalue weighted by molar-refractivity contribution is 0.249. The second kappa shape index (κ2) is 3.24. The summed E-state index contributed by atoms with van der Waals surface area (Å²) in [7, 11) is 0. The molecular weight excluding hydrogens is 198 g/mol. The Morgan fingerprint density at radius 1 is 1.19 bits per heavy atom. The van der Waals surface area contributed by atoms with Gasteiger partial charge in [0.05, 0.1) is 6.61 Å². The Labute approximate surface area is 96.0 Å². The summed E-state index contributed by atoms with van der Waals surface area (Å²) in [4.78, 5) is 0. The molecule has 1 fully saturated rings. The molecule has 0 bridgehead atoms. The largest absolute Gasteiger partial charge is 0.493 e. The Kier molecular flexibility index (Phi) is 1.83. The van der Waals surface area contributed by atoms with E-state index in [1.807, 2.05) is 0 Å². The van der Waals surface area contributed by atoms with E-state index < -0.39 is 0 Å². The summed E-state index contributed by atoms with van der Waals surface area (Å²) in [5, 5.41) is 3.74. The molecule has 3 aliphatic rings. The van der Waals surface area contributed by atoms with Crippen LogP contribution in [0.3, 0.4) is 0 Å². The lowest BCUT2D eigenvalue weighted by Crippen LogP contribution is -2.36. The summed E-state index contributed by atoms with van der Waals surface area (Å²) >= 11 is 0. The summed E-state index contributed by atoms with van der Waals surface area (Å²) in [5.74, 6) is 2.73. The molecule has 84 valence electrons. The highest BCUT2D eigenvalue weighted by atomic mass is 16.5. The van der Waals surface area contributed by atoms with Gasteiger partial charge in [0.25, 0.3) is 0 Å². The number of nitrogens with one attached hydrogen (secondary N) is 1. The van der Waals surface area contributed by atoms with Gasteiger partial charge in [0, 0.05) is 24.1 Å². The van der Waals surface area contributed by atoms with Crippen LogP contribution < -0.4 is 10.1 Å². The van der Waals surface area contributed by atoms with Gasteiger partial charge < -0.3 is 10.1 Å². The third-order valence-corrected chi connectivity index (χ3v) is 4.24. The fraction of sp³-hybridized carbons (Fsp3) is 0.571. The second-order valence-electron chi connectivity index (χ2n) is 5.32. The molecule has 2 heteroatoms. The van der Waals surface area contributed by atoms with Crippen LogP contribution in [-0.2, 0) is 0 Å². The zero-order valence-corrected chi connectivity index (χ0v) is 9.41. The van der Waals surface area contributed by atoms with E-state index in [9.17, 15) is 0 Å². The first-order valence-electron chi connectivity index (χ1n) is 6.42. The maximum absolute atomic E-state index is 5.79. The van der Waals surface area contributed by atoms with Gasteiger partial charge in [0.2, 0.25) is 0 Å². The van der Waals surface area contributed by atoms with E-state index in [0.29, 0.717) is 12.0 Å². The van der Waals surface area contributed by atoms with E-state index in [0.717, 1.165) is 24.8 Å². The summed E-state index contributed by atoms with van der Waals surface area (Å²) in [6.07, 6.45) is 3.97. The second-order valence-corrected chi connectivity index (χ2v) is 5.32. The molecule has 0 saturated heterocycles. The average molecular weight is 215 g/mol. The van der Waals surface area contributed by atoms with Gasteiger partial charge in [-0.2, -0.15) is 0 Å².